The van der Waals surface area contributed by atoms with Gasteiger partial charge in [0.25, 0.3) is 0 Å². The van der Waals surface area contributed by atoms with Crippen LogP contribution in [-0.4, -0.2) is 35.7 Å². The van der Waals surface area contributed by atoms with Crippen LogP contribution in [0.1, 0.15) is 5.56 Å². The van der Waals surface area contributed by atoms with Crippen LogP contribution in [0.5, 0.6) is 11.5 Å². The molecule has 6 aromatic rings. The standard InChI is InChI=1S/C30H26N4O2/c1-35-27-16-24-26(17-28(27)36-2)33-29(21-12-11-19-7-3-4-8-20(19)15-21)34-30(24)31-14-13-22-18-32-25-10-6-5-9-23(22)25/h3-12,15-18,32H,13-14H2,1-2H3,(H,31,33,34). The molecule has 0 aliphatic heterocycles. The Morgan fingerprint density at radius 2 is 1.56 bits per heavy atom. The van der Waals surface area contributed by atoms with E-state index in [0.717, 1.165) is 46.2 Å². The molecule has 0 spiro atoms. The molecule has 0 saturated carbocycles. The third-order valence-electron chi connectivity index (χ3n) is 6.57. The lowest BCUT2D eigenvalue weighted by molar-refractivity contribution is 0.356. The Bertz CT molecular complexity index is 1710. The van der Waals surface area contributed by atoms with Gasteiger partial charge in [0.05, 0.1) is 19.7 Å². The third kappa shape index (κ3) is 3.96. The summed E-state index contributed by atoms with van der Waals surface area (Å²) in [7, 11) is 3.27. The van der Waals surface area contributed by atoms with E-state index >= 15 is 0 Å². The highest BCUT2D eigenvalue weighted by Gasteiger charge is 2.15. The molecule has 0 unspecified atom stereocenters. The zero-order valence-electron chi connectivity index (χ0n) is 20.2. The summed E-state index contributed by atoms with van der Waals surface area (Å²) in [6, 6.07) is 26.8. The molecule has 0 aliphatic rings. The predicted molar refractivity (Wildman–Crippen MR) is 146 cm³/mol. The number of para-hydroxylation sites is 1. The summed E-state index contributed by atoms with van der Waals surface area (Å²) < 4.78 is 11.1. The van der Waals surface area contributed by atoms with Gasteiger partial charge in [0.1, 0.15) is 5.82 Å². The summed E-state index contributed by atoms with van der Waals surface area (Å²) >= 11 is 0. The fraction of sp³-hybridized carbons (Fsp3) is 0.133. The maximum absolute atomic E-state index is 5.56. The second-order valence-electron chi connectivity index (χ2n) is 8.72. The van der Waals surface area contributed by atoms with Gasteiger partial charge in [-0.15, -0.1) is 0 Å². The molecule has 178 valence electrons. The van der Waals surface area contributed by atoms with E-state index in [9.17, 15) is 0 Å². The summed E-state index contributed by atoms with van der Waals surface area (Å²) in [4.78, 5) is 13.2. The van der Waals surface area contributed by atoms with E-state index in [-0.39, 0.29) is 0 Å². The summed E-state index contributed by atoms with van der Waals surface area (Å²) in [6.45, 7) is 0.722. The van der Waals surface area contributed by atoms with Crippen LogP contribution in [0.15, 0.2) is 85.1 Å². The molecule has 2 aromatic heterocycles. The predicted octanol–water partition coefficient (Wildman–Crippen LogP) is 6.60. The number of nitrogens with one attached hydrogen (secondary N) is 2. The van der Waals surface area contributed by atoms with Gasteiger partial charge >= 0.3 is 0 Å². The Kier molecular flexibility index (Phi) is 5.62. The van der Waals surface area contributed by atoms with Crippen molar-refractivity contribution >= 4 is 38.4 Å². The largest absolute Gasteiger partial charge is 0.493 e. The third-order valence-corrected chi connectivity index (χ3v) is 6.57. The van der Waals surface area contributed by atoms with E-state index in [2.05, 4.69) is 65.0 Å². The first-order chi connectivity index (χ1) is 17.7. The highest BCUT2D eigenvalue weighted by molar-refractivity contribution is 5.94. The lowest BCUT2D eigenvalue weighted by Gasteiger charge is -2.14. The van der Waals surface area contributed by atoms with Crippen LogP contribution >= 0.6 is 0 Å². The number of nitrogens with zero attached hydrogens (tertiary/aromatic N) is 2. The number of H-pyrrole nitrogens is 1. The summed E-state index contributed by atoms with van der Waals surface area (Å²) in [5.41, 5.74) is 4.17. The van der Waals surface area contributed by atoms with Gasteiger partial charge in [-0.2, -0.15) is 0 Å². The van der Waals surface area contributed by atoms with Crippen LogP contribution in [0.4, 0.5) is 5.82 Å². The highest BCUT2D eigenvalue weighted by atomic mass is 16.5. The number of hydrogen-bond donors (Lipinski definition) is 2. The quantitative estimate of drug-likeness (QED) is 0.273. The summed E-state index contributed by atoms with van der Waals surface area (Å²) in [5, 5.41) is 8.03. The van der Waals surface area contributed by atoms with Crippen LogP contribution in [-0.2, 0) is 6.42 Å². The number of anilines is 1. The van der Waals surface area contributed by atoms with Gasteiger partial charge in [-0.1, -0.05) is 54.6 Å². The Morgan fingerprint density at radius 3 is 2.42 bits per heavy atom. The minimum Gasteiger partial charge on any atom is -0.493 e. The smallest absolute Gasteiger partial charge is 0.162 e. The van der Waals surface area contributed by atoms with Gasteiger partial charge in [-0.25, -0.2) is 9.97 Å². The fourth-order valence-corrected chi connectivity index (χ4v) is 4.70. The molecule has 0 fully saturated rings. The molecule has 6 nitrogen and oxygen atoms in total. The zero-order valence-corrected chi connectivity index (χ0v) is 20.2. The van der Waals surface area contributed by atoms with Crippen molar-refractivity contribution in [1.29, 1.82) is 0 Å². The van der Waals surface area contributed by atoms with Gasteiger partial charge in [-0.3, -0.25) is 0 Å². The van der Waals surface area contributed by atoms with Gasteiger partial charge < -0.3 is 19.8 Å². The average Bonchev–Trinajstić information content (AvgIpc) is 3.34. The normalized spacial score (nSPS) is 11.3. The molecule has 2 N–H and O–H groups in total. The molecule has 6 heteroatoms. The molecule has 0 aliphatic carbocycles. The zero-order chi connectivity index (χ0) is 24.5. The minimum atomic E-state index is 0.637. The fourth-order valence-electron chi connectivity index (χ4n) is 4.70. The summed E-state index contributed by atoms with van der Waals surface area (Å²) in [6.07, 6.45) is 2.94. The molecule has 0 atom stereocenters. The van der Waals surface area contributed by atoms with Crippen LogP contribution in [0.2, 0.25) is 0 Å². The maximum atomic E-state index is 5.56. The Labute approximate surface area is 208 Å². The topological polar surface area (TPSA) is 72.1 Å². The Hall–Kier alpha value is -4.58. The van der Waals surface area contributed by atoms with Crippen molar-refractivity contribution in [3.63, 3.8) is 0 Å². The van der Waals surface area contributed by atoms with Crippen LogP contribution in [0, 0.1) is 0 Å². The molecule has 0 amide bonds. The molecule has 4 aromatic carbocycles. The average molecular weight is 475 g/mol. The maximum Gasteiger partial charge on any atom is 0.162 e. The highest BCUT2D eigenvalue weighted by Crippen LogP contribution is 2.35. The van der Waals surface area contributed by atoms with Crippen LogP contribution in [0.3, 0.4) is 0 Å². The molecular weight excluding hydrogens is 448 g/mol. The first kappa shape index (κ1) is 21.9. The van der Waals surface area contributed by atoms with E-state index in [1.807, 2.05) is 30.3 Å². The minimum absolute atomic E-state index is 0.637. The van der Waals surface area contributed by atoms with Crippen molar-refractivity contribution in [3.05, 3.63) is 90.6 Å². The van der Waals surface area contributed by atoms with E-state index in [0.29, 0.717) is 17.3 Å². The molecular formula is C30H26N4O2. The van der Waals surface area contributed by atoms with E-state index in [1.165, 1.54) is 16.3 Å². The first-order valence-corrected chi connectivity index (χ1v) is 12.0. The number of aromatic nitrogens is 3. The van der Waals surface area contributed by atoms with Gasteiger partial charge in [0.2, 0.25) is 0 Å². The van der Waals surface area contributed by atoms with E-state index in [4.69, 9.17) is 19.4 Å². The molecule has 0 saturated heterocycles. The van der Waals surface area contributed by atoms with Crippen molar-refractivity contribution in [2.24, 2.45) is 0 Å². The SMILES string of the molecule is COc1cc2nc(-c3ccc4ccccc4c3)nc(NCCc3c[nH]c4ccccc34)c2cc1OC. The number of benzene rings is 4. The van der Waals surface area contributed by atoms with Crippen LogP contribution in [0.25, 0.3) is 44.0 Å². The molecule has 2 heterocycles. The Balaban J connectivity index is 1.40. The number of hydrogen-bond acceptors (Lipinski definition) is 5. The van der Waals surface area contributed by atoms with Gasteiger partial charge in [0.15, 0.2) is 17.3 Å². The van der Waals surface area contributed by atoms with E-state index in [1.54, 1.807) is 14.2 Å². The van der Waals surface area contributed by atoms with Gasteiger partial charge in [0, 0.05) is 40.7 Å². The lowest BCUT2D eigenvalue weighted by atomic mass is 10.1. The number of fused-ring (bicyclic) bond motifs is 3. The molecule has 0 radical (unpaired) electrons. The number of rotatable bonds is 7. The van der Waals surface area contributed by atoms with Crippen molar-refractivity contribution in [2.45, 2.75) is 6.42 Å². The molecule has 0 bridgehead atoms. The van der Waals surface area contributed by atoms with Crippen molar-refractivity contribution in [1.82, 2.24) is 15.0 Å². The van der Waals surface area contributed by atoms with Crippen molar-refractivity contribution in [2.75, 3.05) is 26.1 Å². The van der Waals surface area contributed by atoms with E-state index < -0.39 is 0 Å². The number of ether oxygens (including phenoxy) is 2. The number of aromatic amines is 1. The van der Waals surface area contributed by atoms with Gasteiger partial charge in [-0.05, 0) is 41.0 Å². The second-order valence-corrected chi connectivity index (χ2v) is 8.72. The van der Waals surface area contributed by atoms with Crippen molar-refractivity contribution in [3.8, 4) is 22.9 Å². The molecule has 36 heavy (non-hydrogen) atoms. The number of methoxy groups -OCH3 is 2. The molecule has 6 rings (SSSR count). The van der Waals surface area contributed by atoms with Crippen molar-refractivity contribution < 1.29 is 9.47 Å². The van der Waals surface area contributed by atoms with Crippen LogP contribution < -0.4 is 14.8 Å². The Morgan fingerprint density at radius 1 is 0.778 bits per heavy atom. The first-order valence-electron chi connectivity index (χ1n) is 12.0. The lowest BCUT2D eigenvalue weighted by Crippen LogP contribution is -2.08. The summed E-state index contributed by atoms with van der Waals surface area (Å²) in [5.74, 6) is 2.71. The monoisotopic (exact) mass is 474 g/mol. The second kappa shape index (κ2) is 9.23.